The smallest absolute Gasteiger partial charge is 0.276 e. The molecule has 3 heterocycles. The Kier molecular flexibility index (Phi) is 3.23. The molecule has 2 aromatic heterocycles. The Labute approximate surface area is 132 Å². The number of nitriles is 1. The second-order valence-corrected chi connectivity index (χ2v) is 5.83. The number of aromatic nitrogens is 2. The normalized spacial score (nSPS) is 17.4. The molecule has 23 heavy (non-hydrogen) atoms. The van der Waals surface area contributed by atoms with Crippen molar-refractivity contribution < 1.29 is 14.1 Å². The van der Waals surface area contributed by atoms with Gasteiger partial charge in [0.1, 0.15) is 11.9 Å². The first-order valence-electron chi connectivity index (χ1n) is 7.51. The van der Waals surface area contributed by atoms with Gasteiger partial charge in [-0.3, -0.25) is 4.79 Å². The molecule has 1 saturated heterocycles. The minimum absolute atomic E-state index is 0.116. The maximum absolute atomic E-state index is 12.3. The third-order valence-electron chi connectivity index (χ3n) is 4.01. The fourth-order valence-corrected chi connectivity index (χ4v) is 2.51. The molecule has 0 N–H and O–H groups in total. The lowest BCUT2D eigenvalue weighted by Crippen LogP contribution is -2.56. The number of likely N-dealkylation sites (tertiary alicyclic amines) is 1. The van der Waals surface area contributed by atoms with Crippen LogP contribution in [0.1, 0.15) is 40.6 Å². The highest BCUT2D eigenvalue weighted by atomic mass is 16.5. The van der Waals surface area contributed by atoms with E-state index in [1.165, 1.54) is 6.20 Å². The summed E-state index contributed by atoms with van der Waals surface area (Å²) < 4.78 is 10.9. The van der Waals surface area contributed by atoms with Gasteiger partial charge < -0.3 is 14.2 Å². The van der Waals surface area contributed by atoms with E-state index in [-0.39, 0.29) is 12.0 Å². The summed E-state index contributed by atoms with van der Waals surface area (Å²) in [5.74, 6) is 1.51. The number of amides is 1. The molecule has 116 valence electrons. The zero-order valence-corrected chi connectivity index (χ0v) is 12.3. The van der Waals surface area contributed by atoms with Gasteiger partial charge in [0.2, 0.25) is 5.88 Å². The predicted octanol–water partition coefficient (Wildman–Crippen LogP) is 1.72. The molecule has 1 aliphatic carbocycles. The summed E-state index contributed by atoms with van der Waals surface area (Å²) in [6, 6.07) is 6.98. The molecule has 7 nitrogen and oxygen atoms in total. The third kappa shape index (κ3) is 2.75. The van der Waals surface area contributed by atoms with Crippen molar-refractivity contribution in [1.82, 2.24) is 15.0 Å². The highest BCUT2D eigenvalue weighted by Crippen LogP contribution is 2.40. The summed E-state index contributed by atoms with van der Waals surface area (Å²) in [6.07, 6.45) is 3.63. The molecule has 1 aliphatic heterocycles. The zero-order chi connectivity index (χ0) is 15.8. The van der Waals surface area contributed by atoms with Crippen molar-refractivity contribution in [3.8, 4) is 11.9 Å². The molecule has 0 atom stereocenters. The van der Waals surface area contributed by atoms with E-state index in [1.54, 1.807) is 23.1 Å². The van der Waals surface area contributed by atoms with Crippen molar-refractivity contribution in [2.75, 3.05) is 13.1 Å². The molecular formula is C16H14N4O3. The van der Waals surface area contributed by atoms with Gasteiger partial charge in [0.05, 0.1) is 24.7 Å². The van der Waals surface area contributed by atoms with Crippen LogP contribution in [0.3, 0.4) is 0 Å². The SMILES string of the molecule is N#Cc1ccnc(OC2CN(C(=O)c3cc(C4CC4)on3)C2)c1. The Morgan fingerprint density at radius 2 is 2.22 bits per heavy atom. The van der Waals surface area contributed by atoms with E-state index in [2.05, 4.69) is 10.1 Å². The molecule has 2 aliphatic rings. The van der Waals surface area contributed by atoms with Crippen LogP contribution in [0.2, 0.25) is 0 Å². The molecule has 1 saturated carbocycles. The van der Waals surface area contributed by atoms with Crippen molar-refractivity contribution in [2.45, 2.75) is 24.9 Å². The fourth-order valence-electron chi connectivity index (χ4n) is 2.51. The molecular weight excluding hydrogens is 296 g/mol. The summed E-state index contributed by atoms with van der Waals surface area (Å²) in [7, 11) is 0. The van der Waals surface area contributed by atoms with E-state index in [0.29, 0.717) is 36.1 Å². The average Bonchev–Trinajstić information content (AvgIpc) is 3.27. The molecule has 2 fully saturated rings. The maximum atomic E-state index is 12.3. The molecule has 0 spiro atoms. The molecule has 1 amide bonds. The number of ether oxygens (including phenoxy) is 1. The Hall–Kier alpha value is -2.88. The standard InChI is InChI=1S/C16H14N4O3/c17-7-10-3-4-18-15(5-10)22-12-8-20(9-12)16(21)13-6-14(23-19-13)11-1-2-11/h3-6,11-12H,1-2,8-9H2. The highest BCUT2D eigenvalue weighted by molar-refractivity contribution is 5.92. The van der Waals surface area contributed by atoms with Gasteiger partial charge in [0, 0.05) is 24.2 Å². The minimum atomic E-state index is -0.140. The number of pyridine rings is 1. The van der Waals surface area contributed by atoms with Crippen LogP contribution < -0.4 is 4.74 Å². The number of hydrogen-bond donors (Lipinski definition) is 0. The largest absolute Gasteiger partial charge is 0.471 e. The molecule has 4 rings (SSSR count). The Morgan fingerprint density at radius 3 is 2.96 bits per heavy atom. The molecule has 0 radical (unpaired) electrons. The van der Waals surface area contributed by atoms with Gasteiger partial charge >= 0.3 is 0 Å². The topological polar surface area (TPSA) is 92.2 Å². The second-order valence-electron chi connectivity index (χ2n) is 5.83. The second kappa shape index (κ2) is 5.39. The van der Waals surface area contributed by atoms with Crippen LogP contribution in [0.25, 0.3) is 0 Å². The first-order valence-corrected chi connectivity index (χ1v) is 7.51. The third-order valence-corrected chi connectivity index (χ3v) is 4.01. The van der Waals surface area contributed by atoms with E-state index in [9.17, 15) is 4.79 Å². The summed E-state index contributed by atoms with van der Waals surface area (Å²) in [6.45, 7) is 0.950. The number of hydrogen-bond acceptors (Lipinski definition) is 6. The fraction of sp³-hybridized carbons (Fsp3) is 0.375. The van der Waals surface area contributed by atoms with Crippen molar-refractivity contribution in [2.24, 2.45) is 0 Å². The Balaban J connectivity index is 1.33. The molecule has 0 unspecified atom stereocenters. The number of carbonyl (C=O) groups excluding carboxylic acids is 1. The van der Waals surface area contributed by atoms with Crippen LogP contribution >= 0.6 is 0 Å². The first-order chi connectivity index (χ1) is 11.2. The average molecular weight is 310 g/mol. The summed E-state index contributed by atoms with van der Waals surface area (Å²) in [5.41, 5.74) is 0.854. The van der Waals surface area contributed by atoms with Gasteiger partial charge in [0.15, 0.2) is 5.69 Å². The maximum Gasteiger partial charge on any atom is 0.276 e. The van der Waals surface area contributed by atoms with Gasteiger partial charge in [-0.25, -0.2) is 4.98 Å². The minimum Gasteiger partial charge on any atom is -0.471 e. The number of rotatable bonds is 4. The van der Waals surface area contributed by atoms with Gasteiger partial charge in [0.25, 0.3) is 5.91 Å². The number of nitrogens with zero attached hydrogens (tertiary/aromatic N) is 4. The molecule has 0 aromatic carbocycles. The molecule has 0 bridgehead atoms. The van der Waals surface area contributed by atoms with Crippen molar-refractivity contribution in [1.29, 1.82) is 5.26 Å². The van der Waals surface area contributed by atoms with E-state index in [1.807, 2.05) is 6.07 Å². The quantitative estimate of drug-likeness (QED) is 0.853. The van der Waals surface area contributed by atoms with E-state index < -0.39 is 0 Å². The zero-order valence-electron chi connectivity index (χ0n) is 12.3. The first kappa shape index (κ1) is 13.8. The Bertz CT molecular complexity index is 785. The highest BCUT2D eigenvalue weighted by Gasteiger charge is 2.35. The van der Waals surface area contributed by atoms with Gasteiger partial charge in [-0.15, -0.1) is 0 Å². The van der Waals surface area contributed by atoms with Gasteiger partial charge in [-0.05, 0) is 18.9 Å². The Morgan fingerprint density at radius 1 is 1.39 bits per heavy atom. The van der Waals surface area contributed by atoms with E-state index in [0.717, 1.165) is 18.6 Å². The van der Waals surface area contributed by atoms with Crippen LogP contribution in [-0.4, -0.2) is 40.1 Å². The summed E-state index contributed by atoms with van der Waals surface area (Å²) in [4.78, 5) is 18.0. The van der Waals surface area contributed by atoms with Crippen molar-refractivity contribution in [3.05, 3.63) is 41.4 Å². The van der Waals surface area contributed by atoms with Gasteiger partial charge in [-0.1, -0.05) is 5.16 Å². The van der Waals surface area contributed by atoms with Crippen LogP contribution in [0, 0.1) is 11.3 Å². The number of carbonyl (C=O) groups is 1. The van der Waals surface area contributed by atoms with Crippen molar-refractivity contribution >= 4 is 5.91 Å². The lowest BCUT2D eigenvalue weighted by Gasteiger charge is -2.38. The monoisotopic (exact) mass is 310 g/mol. The summed E-state index contributed by atoms with van der Waals surface area (Å²) >= 11 is 0. The molecule has 2 aromatic rings. The van der Waals surface area contributed by atoms with Crippen LogP contribution in [0.5, 0.6) is 5.88 Å². The lowest BCUT2D eigenvalue weighted by atomic mass is 10.1. The van der Waals surface area contributed by atoms with Crippen molar-refractivity contribution in [3.63, 3.8) is 0 Å². The van der Waals surface area contributed by atoms with Crippen LogP contribution in [0.4, 0.5) is 0 Å². The summed E-state index contributed by atoms with van der Waals surface area (Å²) in [5, 5.41) is 12.7. The van der Waals surface area contributed by atoms with E-state index in [4.69, 9.17) is 14.5 Å². The van der Waals surface area contributed by atoms with Crippen LogP contribution in [-0.2, 0) is 0 Å². The van der Waals surface area contributed by atoms with Crippen LogP contribution in [0.15, 0.2) is 28.9 Å². The lowest BCUT2D eigenvalue weighted by molar-refractivity contribution is 0.0153. The predicted molar refractivity (Wildman–Crippen MR) is 77.7 cm³/mol. The van der Waals surface area contributed by atoms with Gasteiger partial charge in [-0.2, -0.15) is 5.26 Å². The molecule has 7 heteroatoms. The van der Waals surface area contributed by atoms with E-state index >= 15 is 0 Å².